The molecule has 0 radical (unpaired) electrons. The van der Waals surface area contributed by atoms with Gasteiger partial charge in [0.1, 0.15) is 10.8 Å². The number of rotatable bonds is 8. The molecule has 1 amide bonds. The molecule has 4 aromatic rings. The lowest BCUT2D eigenvalue weighted by Gasteiger charge is -2.34. The first-order valence-corrected chi connectivity index (χ1v) is 14.0. The third kappa shape index (κ3) is 5.99. The Labute approximate surface area is 261 Å². The number of amides is 1. The van der Waals surface area contributed by atoms with Gasteiger partial charge in [-0.2, -0.15) is 26.3 Å². The summed E-state index contributed by atoms with van der Waals surface area (Å²) in [6.07, 6.45) is -9.48. The maximum absolute atomic E-state index is 14.6. The van der Waals surface area contributed by atoms with Gasteiger partial charge in [0.05, 0.1) is 22.7 Å². The van der Waals surface area contributed by atoms with Crippen LogP contribution in [0, 0.1) is 0 Å². The predicted octanol–water partition coefficient (Wildman–Crippen LogP) is 8.08. The molecule has 0 aliphatic heterocycles. The molecule has 2 atom stereocenters. The normalized spacial score (nSPS) is 14.6. The van der Waals surface area contributed by atoms with E-state index in [1.54, 1.807) is 7.05 Å². The van der Waals surface area contributed by atoms with Gasteiger partial charge in [0.15, 0.2) is 5.78 Å². The second-order valence-corrected chi connectivity index (χ2v) is 11.3. The molecule has 4 aromatic carbocycles. The Balaban J connectivity index is 1.62. The number of benzene rings is 4. The highest BCUT2D eigenvalue weighted by Gasteiger charge is 2.54. The number of Topliss-reactive ketones (excluding diaryl/α,β-unsaturated/α-hetero) is 1. The highest BCUT2D eigenvalue weighted by Crippen LogP contribution is 2.48. The van der Waals surface area contributed by atoms with E-state index in [-0.39, 0.29) is 56.2 Å². The summed E-state index contributed by atoms with van der Waals surface area (Å²) in [5.41, 5.74) is 7.23. The largest absolute Gasteiger partial charge is 0.402 e. The smallest absolute Gasteiger partial charge is 0.397 e. The lowest BCUT2D eigenvalue weighted by molar-refractivity contribution is -0.173. The van der Waals surface area contributed by atoms with Crippen molar-refractivity contribution in [3.63, 3.8) is 0 Å². The second-order valence-electron chi connectivity index (χ2n) is 11.3. The van der Waals surface area contributed by atoms with Gasteiger partial charge in [-0.1, -0.05) is 48.5 Å². The number of alkyl halides is 6. The Kier molecular flexibility index (Phi) is 8.89. The van der Waals surface area contributed by atoms with Crippen molar-refractivity contribution in [2.45, 2.75) is 44.0 Å². The maximum Gasteiger partial charge on any atom is 0.402 e. The van der Waals surface area contributed by atoms with Crippen molar-refractivity contribution in [1.82, 2.24) is 0 Å². The molecule has 6 nitrogen and oxygen atoms in total. The standard InChI is InChI=1S/C34H32F6N4O2/c1-19(45)20-5-9-22(10-6-20)31(2,33(35,36)37)23-11-7-21(8-12-23)30(46)44-29-16-14-25(18-27(29)42)32(3,34(38,39)40)24-13-15-28(43-4)26(41)17-24/h5-18,43H,41-42H2,1-4H3,(H,44,46). The molecular formula is C34H32F6N4O2. The summed E-state index contributed by atoms with van der Waals surface area (Å²) < 4.78 is 87.0. The molecule has 4 rings (SSSR count). The Hall–Kier alpha value is -5.00. The van der Waals surface area contributed by atoms with E-state index in [1.165, 1.54) is 85.8 Å². The summed E-state index contributed by atoms with van der Waals surface area (Å²) in [6.45, 7) is 3.32. The summed E-state index contributed by atoms with van der Waals surface area (Å²) >= 11 is 0. The lowest BCUT2D eigenvalue weighted by Crippen LogP contribution is -2.40. The monoisotopic (exact) mass is 642 g/mol. The first-order valence-electron chi connectivity index (χ1n) is 14.0. The summed E-state index contributed by atoms with van der Waals surface area (Å²) in [5.74, 6) is -1.02. The van der Waals surface area contributed by atoms with Crippen LogP contribution in [0.15, 0.2) is 84.9 Å². The summed E-state index contributed by atoms with van der Waals surface area (Å²) in [7, 11) is 1.59. The van der Waals surface area contributed by atoms with Gasteiger partial charge >= 0.3 is 12.4 Å². The minimum absolute atomic E-state index is 0.0103. The van der Waals surface area contributed by atoms with Crippen molar-refractivity contribution in [2.24, 2.45) is 0 Å². The molecular weight excluding hydrogens is 610 g/mol. The summed E-state index contributed by atoms with van der Waals surface area (Å²) in [6, 6.07) is 17.4. The molecule has 0 aliphatic rings. The van der Waals surface area contributed by atoms with Crippen molar-refractivity contribution < 1.29 is 35.9 Å². The number of hydrogen-bond donors (Lipinski definition) is 4. The van der Waals surface area contributed by atoms with Gasteiger partial charge in [0.2, 0.25) is 0 Å². The van der Waals surface area contributed by atoms with Crippen LogP contribution in [0.1, 0.15) is 63.7 Å². The topological polar surface area (TPSA) is 110 Å². The highest BCUT2D eigenvalue weighted by atomic mass is 19.4. The maximum atomic E-state index is 14.6. The van der Waals surface area contributed by atoms with E-state index in [0.717, 1.165) is 19.9 Å². The summed E-state index contributed by atoms with van der Waals surface area (Å²) in [5, 5.41) is 5.32. The van der Waals surface area contributed by atoms with E-state index in [1.807, 2.05) is 0 Å². The fourth-order valence-electron chi connectivity index (χ4n) is 5.26. The zero-order valence-electron chi connectivity index (χ0n) is 25.3. The zero-order chi connectivity index (χ0) is 34.2. The van der Waals surface area contributed by atoms with Gasteiger partial charge in [-0.25, -0.2) is 0 Å². The van der Waals surface area contributed by atoms with Crippen molar-refractivity contribution in [2.75, 3.05) is 29.1 Å². The SMILES string of the molecule is CNc1ccc(C(C)(c2ccc(NC(=O)c3ccc(C(C)(c4ccc(C(C)=O)cc4)C(F)(F)F)cc3)c(N)c2)C(F)(F)F)cc1N. The minimum Gasteiger partial charge on any atom is -0.397 e. The number of nitrogens with two attached hydrogens (primary N) is 2. The van der Waals surface area contributed by atoms with E-state index in [0.29, 0.717) is 5.69 Å². The molecule has 0 spiro atoms. The number of nitrogen functional groups attached to an aromatic ring is 2. The molecule has 0 aromatic heterocycles. The van der Waals surface area contributed by atoms with Crippen LogP contribution >= 0.6 is 0 Å². The number of nitrogens with one attached hydrogen (secondary N) is 2. The molecule has 46 heavy (non-hydrogen) atoms. The third-order valence-corrected chi connectivity index (χ3v) is 8.50. The Morgan fingerprint density at radius 3 is 1.33 bits per heavy atom. The number of anilines is 4. The van der Waals surface area contributed by atoms with Gasteiger partial charge < -0.3 is 22.1 Å². The van der Waals surface area contributed by atoms with E-state index in [4.69, 9.17) is 11.5 Å². The molecule has 0 saturated carbocycles. The van der Waals surface area contributed by atoms with Crippen LogP contribution in [0.3, 0.4) is 0 Å². The molecule has 0 heterocycles. The van der Waals surface area contributed by atoms with Crippen molar-refractivity contribution in [1.29, 1.82) is 0 Å². The highest BCUT2D eigenvalue weighted by molar-refractivity contribution is 6.05. The van der Waals surface area contributed by atoms with Crippen molar-refractivity contribution in [3.05, 3.63) is 118 Å². The number of carbonyl (C=O) groups is 2. The Bertz CT molecular complexity index is 1770. The Morgan fingerprint density at radius 1 is 0.587 bits per heavy atom. The number of ketones is 1. The van der Waals surface area contributed by atoms with Gasteiger partial charge in [-0.15, -0.1) is 0 Å². The van der Waals surface area contributed by atoms with Crippen LogP contribution in [-0.2, 0) is 10.8 Å². The molecule has 0 bridgehead atoms. The molecule has 0 fully saturated rings. The van der Waals surface area contributed by atoms with Gasteiger partial charge in [0.25, 0.3) is 5.91 Å². The van der Waals surface area contributed by atoms with E-state index >= 15 is 0 Å². The molecule has 0 saturated heterocycles. The van der Waals surface area contributed by atoms with Crippen LogP contribution in [0.2, 0.25) is 0 Å². The van der Waals surface area contributed by atoms with Gasteiger partial charge in [-0.05, 0) is 79.4 Å². The number of halogens is 6. The number of hydrogen-bond acceptors (Lipinski definition) is 5. The molecule has 242 valence electrons. The van der Waals surface area contributed by atoms with Crippen molar-refractivity contribution >= 4 is 34.4 Å². The van der Waals surface area contributed by atoms with Crippen LogP contribution in [0.4, 0.5) is 49.1 Å². The van der Waals surface area contributed by atoms with Gasteiger partial charge in [-0.3, -0.25) is 9.59 Å². The second kappa shape index (κ2) is 12.1. The lowest BCUT2D eigenvalue weighted by atomic mass is 9.75. The molecule has 12 heteroatoms. The molecule has 2 unspecified atom stereocenters. The first kappa shape index (κ1) is 33.9. The molecule has 6 N–H and O–H groups in total. The van der Waals surface area contributed by atoms with Crippen LogP contribution < -0.4 is 22.1 Å². The first-order chi connectivity index (χ1) is 21.3. The molecule has 0 aliphatic carbocycles. The van der Waals surface area contributed by atoms with Gasteiger partial charge in [0, 0.05) is 18.2 Å². The average molecular weight is 643 g/mol. The number of carbonyl (C=O) groups excluding carboxylic acids is 2. The zero-order valence-corrected chi connectivity index (χ0v) is 25.3. The summed E-state index contributed by atoms with van der Waals surface area (Å²) in [4.78, 5) is 24.6. The van der Waals surface area contributed by atoms with Crippen LogP contribution in [0.5, 0.6) is 0 Å². The third-order valence-electron chi connectivity index (χ3n) is 8.50. The average Bonchev–Trinajstić information content (AvgIpc) is 3.00. The minimum atomic E-state index is -4.75. The van der Waals surface area contributed by atoms with E-state index in [9.17, 15) is 35.9 Å². The Morgan fingerprint density at radius 2 is 0.957 bits per heavy atom. The van der Waals surface area contributed by atoms with E-state index in [2.05, 4.69) is 10.6 Å². The van der Waals surface area contributed by atoms with E-state index < -0.39 is 29.1 Å². The fourth-order valence-corrected chi connectivity index (χ4v) is 5.26. The predicted molar refractivity (Wildman–Crippen MR) is 167 cm³/mol. The quantitative estimate of drug-likeness (QED) is 0.0883. The van der Waals surface area contributed by atoms with Crippen LogP contribution in [-0.4, -0.2) is 31.1 Å². The van der Waals surface area contributed by atoms with Crippen molar-refractivity contribution in [3.8, 4) is 0 Å². The van der Waals surface area contributed by atoms with Crippen LogP contribution in [0.25, 0.3) is 0 Å². The fraction of sp³-hybridized carbons (Fsp3) is 0.235.